The maximum Gasteiger partial charge on any atom is 0.244 e. The fraction of sp³-hybridized carbons (Fsp3) is 0.0476. The maximum absolute atomic E-state index is 11.9. The highest BCUT2D eigenvalue weighted by atomic mass is 35.5. The van der Waals surface area contributed by atoms with Crippen LogP contribution in [0.4, 0.5) is 0 Å². The van der Waals surface area contributed by atoms with Gasteiger partial charge in [0.15, 0.2) is 0 Å². The van der Waals surface area contributed by atoms with E-state index < -0.39 is 0 Å². The first-order chi connectivity index (χ1) is 12.7. The number of hydrogen-bond acceptors (Lipinski definition) is 3. The van der Waals surface area contributed by atoms with Crippen LogP contribution in [-0.2, 0) is 11.2 Å². The molecule has 3 rings (SSSR count). The Morgan fingerprint density at radius 3 is 2.46 bits per heavy atom. The van der Waals surface area contributed by atoms with Crippen molar-refractivity contribution in [1.29, 1.82) is 0 Å². The van der Waals surface area contributed by atoms with Gasteiger partial charge in [0.1, 0.15) is 11.5 Å². The topological polar surface area (TPSA) is 50.7 Å². The minimum atomic E-state index is -0.194. The Morgan fingerprint density at radius 1 is 0.962 bits per heavy atom. The molecule has 3 aromatic rings. The fourth-order valence-electron chi connectivity index (χ4n) is 2.29. The van der Waals surface area contributed by atoms with Crippen molar-refractivity contribution >= 4 is 23.7 Å². The predicted molar refractivity (Wildman–Crippen MR) is 104 cm³/mol. The van der Waals surface area contributed by atoms with E-state index in [0.29, 0.717) is 10.8 Å². The summed E-state index contributed by atoms with van der Waals surface area (Å²) in [4.78, 5) is 11.9. The molecule has 0 radical (unpaired) electrons. The number of rotatable bonds is 6. The smallest absolute Gasteiger partial charge is 0.244 e. The standard InChI is InChI=1S/C21H17ClN2O2/c22-18-11-9-16(10-12-18)14-21(25)24-23-15-17-5-4-8-20(13-17)26-19-6-2-1-3-7-19/h1-13,15H,14H2,(H,24,25)/b23-15+. The number of halogens is 1. The highest BCUT2D eigenvalue weighted by molar-refractivity contribution is 6.30. The van der Waals surface area contributed by atoms with E-state index in [1.807, 2.05) is 66.7 Å². The molecule has 26 heavy (non-hydrogen) atoms. The van der Waals surface area contributed by atoms with Gasteiger partial charge in [0.2, 0.25) is 5.91 Å². The van der Waals surface area contributed by atoms with Crippen LogP contribution in [0.5, 0.6) is 11.5 Å². The Bertz CT molecular complexity index is 893. The molecule has 0 saturated heterocycles. The van der Waals surface area contributed by atoms with Crippen molar-refractivity contribution in [3.05, 3.63) is 95.0 Å². The first kappa shape index (κ1) is 17.7. The van der Waals surface area contributed by atoms with Crippen LogP contribution in [0, 0.1) is 0 Å². The summed E-state index contributed by atoms with van der Waals surface area (Å²) < 4.78 is 5.78. The third-order valence-electron chi connectivity index (χ3n) is 3.52. The third kappa shape index (κ3) is 5.46. The lowest BCUT2D eigenvalue weighted by molar-refractivity contribution is -0.120. The van der Waals surface area contributed by atoms with Crippen molar-refractivity contribution in [3.8, 4) is 11.5 Å². The van der Waals surface area contributed by atoms with E-state index in [9.17, 15) is 4.79 Å². The van der Waals surface area contributed by atoms with Gasteiger partial charge in [-0.25, -0.2) is 5.43 Å². The van der Waals surface area contributed by atoms with Gasteiger partial charge in [-0.1, -0.05) is 54.1 Å². The predicted octanol–water partition coefficient (Wildman–Crippen LogP) is 4.83. The summed E-state index contributed by atoms with van der Waals surface area (Å²) >= 11 is 5.83. The second kappa shape index (κ2) is 8.83. The van der Waals surface area contributed by atoms with Crippen LogP contribution in [0.25, 0.3) is 0 Å². The summed E-state index contributed by atoms with van der Waals surface area (Å²) in [6, 6.07) is 24.1. The molecular formula is C21H17ClN2O2. The lowest BCUT2D eigenvalue weighted by atomic mass is 10.1. The minimum Gasteiger partial charge on any atom is -0.457 e. The number of carbonyl (C=O) groups is 1. The van der Waals surface area contributed by atoms with Crippen LogP contribution in [0.1, 0.15) is 11.1 Å². The highest BCUT2D eigenvalue weighted by Gasteiger charge is 2.02. The average Bonchev–Trinajstić information content (AvgIpc) is 2.65. The van der Waals surface area contributed by atoms with Gasteiger partial charge in [-0.15, -0.1) is 0 Å². The Labute approximate surface area is 157 Å². The van der Waals surface area contributed by atoms with Crippen molar-refractivity contribution in [2.75, 3.05) is 0 Å². The first-order valence-electron chi connectivity index (χ1n) is 8.08. The first-order valence-corrected chi connectivity index (χ1v) is 8.46. The quantitative estimate of drug-likeness (QED) is 0.503. The summed E-state index contributed by atoms with van der Waals surface area (Å²) in [5.41, 5.74) is 4.22. The van der Waals surface area contributed by atoms with Crippen molar-refractivity contribution in [1.82, 2.24) is 5.43 Å². The van der Waals surface area contributed by atoms with E-state index in [4.69, 9.17) is 16.3 Å². The third-order valence-corrected chi connectivity index (χ3v) is 3.77. The SMILES string of the molecule is O=C(Cc1ccc(Cl)cc1)N/N=C/c1cccc(Oc2ccccc2)c1. The van der Waals surface area contributed by atoms with Gasteiger partial charge >= 0.3 is 0 Å². The number of carbonyl (C=O) groups excluding carboxylic acids is 1. The number of nitrogens with zero attached hydrogens (tertiary/aromatic N) is 1. The lowest BCUT2D eigenvalue weighted by Gasteiger charge is -2.05. The number of para-hydroxylation sites is 1. The van der Waals surface area contributed by atoms with Crippen LogP contribution in [0.15, 0.2) is 84.0 Å². The number of amides is 1. The molecule has 0 atom stereocenters. The van der Waals surface area contributed by atoms with Crippen LogP contribution in [0.3, 0.4) is 0 Å². The molecular weight excluding hydrogens is 348 g/mol. The number of benzene rings is 3. The molecule has 0 saturated carbocycles. The van der Waals surface area contributed by atoms with E-state index in [1.165, 1.54) is 0 Å². The summed E-state index contributed by atoms with van der Waals surface area (Å²) in [6.07, 6.45) is 1.82. The van der Waals surface area contributed by atoms with E-state index in [0.717, 1.165) is 16.9 Å². The average molecular weight is 365 g/mol. The Kier molecular flexibility index (Phi) is 6.01. The minimum absolute atomic E-state index is 0.194. The van der Waals surface area contributed by atoms with E-state index in [1.54, 1.807) is 18.3 Å². The number of hydrogen-bond donors (Lipinski definition) is 1. The fourth-order valence-corrected chi connectivity index (χ4v) is 2.41. The van der Waals surface area contributed by atoms with Gasteiger partial charge < -0.3 is 4.74 Å². The van der Waals surface area contributed by atoms with Gasteiger partial charge in [0, 0.05) is 5.02 Å². The molecule has 0 bridgehead atoms. The van der Waals surface area contributed by atoms with Crippen LogP contribution in [0.2, 0.25) is 5.02 Å². The number of hydrazone groups is 1. The molecule has 0 aromatic heterocycles. The van der Waals surface area contributed by atoms with Gasteiger partial charge in [0.05, 0.1) is 12.6 Å². The zero-order chi connectivity index (χ0) is 18.2. The lowest BCUT2D eigenvalue weighted by Crippen LogP contribution is -2.19. The largest absolute Gasteiger partial charge is 0.457 e. The molecule has 3 aromatic carbocycles. The maximum atomic E-state index is 11.9. The van der Waals surface area contributed by atoms with Crippen molar-refractivity contribution in [3.63, 3.8) is 0 Å². The summed E-state index contributed by atoms with van der Waals surface area (Å²) in [6.45, 7) is 0. The second-order valence-electron chi connectivity index (χ2n) is 5.58. The van der Waals surface area contributed by atoms with Gasteiger partial charge in [0.25, 0.3) is 0 Å². The Balaban J connectivity index is 1.55. The molecule has 0 unspecified atom stereocenters. The van der Waals surface area contributed by atoms with Crippen molar-refractivity contribution in [2.24, 2.45) is 5.10 Å². The second-order valence-corrected chi connectivity index (χ2v) is 6.02. The van der Waals surface area contributed by atoms with Gasteiger partial charge in [-0.05, 0) is 47.5 Å². The molecule has 0 fully saturated rings. The van der Waals surface area contributed by atoms with Crippen molar-refractivity contribution < 1.29 is 9.53 Å². The molecule has 0 spiro atoms. The summed E-state index contributed by atoms with van der Waals surface area (Å²) in [5.74, 6) is 1.27. The molecule has 0 aliphatic carbocycles. The monoisotopic (exact) mass is 364 g/mol. The van der Waals surface area contributed by atoms with Crippen LogP contribution >= 0.6 is 11.6 Å². The van der Waals surface area contributed by atoms with Crippen LogP contribution < -0.4 is 10.2 Å². The molecule has 5 heteroatoms. The number of nitrogens with one attached hydrogen (secondary N) is 1. The molecule has 1 N–H and O–H groups in total. The summed E-state index contributed by atoms with van der Waals surface area (Å²) in [5, 5.41) is 4.64. The van der Waals surface area contributed by atoms with E-state index in [2.05, 4.69) is 10.5 Å². The molecule has 1 amide bonds. The Hall–Kier alpha value is -3.11. The Morgan fingerprint density at radius 2 is 1.69 bits per heavy atom. The van der Waals surface area contributed by atoms with Crippen LogP contribution in [-0.4, -0.2) is 12.1 Å². The molecule has 0 heterocycles. The van der Waals surface area contributed by atoms with E-state index in [-0.39, 0.29) is 12.3 Å². The highest BCUT2D eigenvalue weighted by Crippen LogP contribution is 2.21. The molecule has 0 aliphatic heterocycles. The normalized spacial score (nSPS) is 10.7. The zero-order valence-corrected chi connectivity index (χ0v) is 14.7. The van der Waals surface area contributed by atoms with Crippen molar-refractivity contribution in [2.45, 2.75) is 6.42 Å². The summed E-state index contributed by atoms with van der Waals surface area (Å²) in [7, 11) is 0. The van der Waals surface area contributed by atoms with Gasteiger partial charge in [-0.2, -0.15) is 5.10 Å². The van der Waals surface area contributed by atoms with Gasteiger partial charge in [-0.3, -0.25) is 4.79 Å². The molecule has 130 valence electrons. The van der Waals surface area contributed by atoms with E-state index >= 15 is 0 Å². The molecule has 0 aliphatic rings. The zero-order valence-electron chi connectivity index (χ0n) is 13.9. The number of ether oxygens (including phenoxy) is 1. The molecule has 4 nitrogen and oxygen atoms in total.